The first-order chi connectivity index (χ1) is 10.9. The van der Waals surface area contributed by atoms with Gasteiger partial charge >= 0.3 is 0 Å². The molecule has 138 valence electrons. The number of sulfone groups is 1. The number of halogens is 1. The lowest BCUT2D eigenvalue weighted by atomic mass is 10.0. The molecule has 1 aromatic rings. The number of rotatable bonds is 6. The number of aliphatic imine (C=N–C) groups is 1. The summed E-state index contributed by atoms with van der Waals surface area (Å²) in [6.07, 6.45) is 5.04. The van der Waals surface area contributed by atoms with E-state index >= 15 is 0 Å². The quantitative estimate of drug-likeness (QED) is 0.385. The predicted octanol–water partition coefficient (Wildman–Crippen LogP) is 1.23. The van der Waals surface area contributed by atoms with Crippen LogP contribution in [0.2, 0.25) is 0 Å². The number of hydrogen-bond donors (Lipinski definition) is 1. The second-order valence-corrected chi connectivity index (χ2v) is 8.32. The van der Waals surface area contributed by atoms with E-state index < -0.39 is 9.84 Å². The highest BCUT2D eigenvalue weighted by molar-refractivity contribution is 14.0. The lowest BCUT2D eigenvalue weighted by Gasteiger charge is -2.21. The summed E-state index contributed by atoms with van der Waals surface area (Å²) in [5.74, 6) is 1.54. The summed E-state index contributed by atoms with van der Waals surface area (Å²) in [5, 5.41) is 7.51. The molecule has 1 saturated heterocycles. The van der Waals surface area contributed by atoms with E-state index in [1.165, 1.54) is 5.56 Å². The molecule has 24 heavy (non-hydrogen) atoms. The summed E-state index contributed by atoms with van der Waals surface area (Å²) in [6, 6.07) is 0. The van der Waals surface area contributed by atoms with Gasteiger partial charge in [-0.2, -0.15) is 5.10 Å². The van der Waals surface area contributed by atoms with E-state index in [1.54, 1.807) is 6.92 Å². The topological polar surface area (TPSA) is 79.6 Å². The molecular formula is C15H28IN5O2S. The van der Waals surface area contributed by atoms with Gasteiger partial charge in [0.05, 0.1) is 18.5 Å². The standard InChI is InChI=1S/C15H27N5O2S.HI/c1-4-16-15(17-7-9-23(21,22)5-2)20-8-6-13(12-20)14-10-18-19(3)11-14;/h10-11,13H,4-9,12H2,1-3H3,(H,16,17);1H. The Morgan fingerprint density at radius 3 is 2.79 bits per heavy atom. The minimum absolute atomic E-state index is 0. The predicted molar refractivity (Wildman–Crippen MR) is 108 cm³/mol. The molecule has 7 nitrogen and oxygen atoms in total. The van der Waals surface area contributed by atoms with E-state index in [1.807, 2.05) is 24.9 Å². The number of nitrogens with zero attached hydrogens (tertiary/aromatic N) is 4. The molecule has 1 unspecified atom stereocenters. The van der Waals surface area contributed by atoms with Crippen molar-refractivity contribution >= 4 is 39.8 Å². The second kappa shape index (κ2) is 9.59. The van der Waals surface area contributed by atoms with Gasteiger partial charge in [0.15, 0.2) is 15.8 Å². The number of hydrogen-bond acceptors (Lipinski definition) is 4. The monoisotopic (exact) mass is 469 g/mol. The van der Waals surface area contributed by atoms with E-state index in [0.29, 0.717) is 12.5 Å². The van der Waals surface area contributed by atoms with Crippen molar-refractivity contribution in [3.63, 3.8) is 0 Å². The van der Waals surface area contributed by atoms with Crippen LogP contribution in [0.5, 0.6) is 0 Å². The maximum absolute atomic E-state index is 11.6. The Labute approximate surface area is 161 Å². The zero-order chi connectivity index (χ0) is 16.9. The van der Waals surface area contributed by atoms with Crippen molar-refractivity contribution in [3.8, 4) is 0 Å². The van der Waals surface area contributed by atoms with Crippen LogP contribution in [0.3, 0.4) is 0 Å². The van der Waals surface area contributed by atoms with Crippen LogP contribution in [0.4, 0.5) is 0 Å². The van der Waals surface area contributed by atoms with Gasteiger partial charge in [-0.3, -0.25) is 9.67 Å². The Kier molecular flexibility index (Phi) is 8.48. The van der Waals surface area contributed by atoms with E-state index in [9.17, 15) is 8.42 Å². The zero-order valence-corrected chi connectivity index (χ0v) is 17.8. The van der Waals surface area contributed by atoms with Gasteiger partial charge in [0.2, 0.25) is 0 Å². The highest BCUT2D eigenvalue weighted by Crippen LogP contribution is 2.26. The molecule has 0 aromatic carbocycles. The van der Waals surface area contributed by atoms with Crippen LogP contribution in [0.15, 0.2) is 17.4 Å². The first kappa shape index (κ1) is 21.2. The molecule has 1 N–H and O–H groups in total. The minimum Gasteiger partial charge on any atom is -0.357 e. The average Bonchev–Trinajstić information content (AvgIpc) is 3.15. The largest absolute Gasteiger partial charge is 0.357 e. The summed E-state index contributed by atoms with van der Waals surface area (Å²) in [5.41, 5.74) is 1.25. The molecule has 1 fully saturated rings. The summed E-state index contributed by atoms with van der Waals surface area (Å²) >= 11 is 0. The SMILES string of the molecule is CCNC(=NCCS(=O)(=O)CC)N1CCC(c2cnn(C)c2)C1.I. The Morgan fingerprint density at radius 2 is 2.21 bits per heavy atom. The van der Waals surface area contributed by atoms with Crippen molar-refractivity contribution in [3.05, 3.63) is 18.0 Å². The Morgan fingerprint density at radius 1 is 1.46 bits per heavy atom. The summed E-state index contributed by atoms with van der Waals surface area (Å²) < 4.78 is 25.0. The Bertz CT molecular complexity index is 644. The average molecular weight is 469 g/mol. The van der Waals surface area contributed by atoms with Gasteiger partial charge in [-0.05, 0) is 18.9 Å². The van der Waals surface area contributed by atoms with Gasteiger partial charge in [0.25, 0.3) is 0 Å². The number of aromatic nitrogens is 2. The molecular weight excluding hydrogens is 441 g/mol. The Balaban J connectivity index is 0.00000288. The lowest BCUT2D eigenvalue weighted by molar-refractivity contribution is 0.486. The molecule has 2 heterocycles. The number of nitrogens with one attached hydrogen (secondary N) is 1. The van der Waals surface area contributed by atoms with Gasteiger partial charge in [-0.15, -0.1) is 24.0 Å². The third-order valence-corrected chi connectivity index (χ3v) is 5.81. The summed E-state index contributed by atoms with van der Waals surface area (Å²) in [6.45, 7) is 6.58. The van der Waals surface area contributed by atoms with Crippen LogP contribution in [0.25, 0.3) is 0 Å². The van der Waals surface area contributed by atoms with Gasteiger partial charge in [-0.25, -0.2) is 8.42 Å². The van der Waals surface area contributed by atoms with E-state index in [4.69, 9.17) is 0 Å². The maximum Gasteiger partial charge on any atom is 0.193 e. The molecule has 0 radical (unpaired) electrons. The summed E-state index contributed by atoms with van der Waals surface area (Å²) in [7, 11) is -1.04. The van der Waals surface area contributed by atoms with Crippen molar-refractivity contribution in [2.45, 2.75) is 26.2 Å². The third-order valence-electron chi connectivity index (χ3n) is 4.12. The van der Waals surface area contributed by atoms with Gasteiger partial charge in [0, 0.05) is 44.5 Å². The van der Waals surface area contributed by atoms with E-state index in [-0.39, 0.29) is 35.5 Å². The normalized spacial score (nSPS) is 18.5. The van der Waals surface area contributed by atoms with Crippen LogP contribution >= 0.6 is 24.0 Å². The fourth-order valence-electron chi connectivity index (χ4n) is 2.74. The molecule has 0 amide bonds. The summed E-state index contributed by atoms with van der Waals surface area (Å²) in [4.78, 5) is 6.70. The molecule has 2 rings (SSSR count). The molecule has 1 aliphatic rings. The van der Waals surface area contributed by atoms with Crippen molar-refractivity contribution in [1.29, 1.82) is 0 Å². The van der Waals surface area contributed by atoms with E-state index in [0.717, 1.165) is 32.0 Å². The molecule has 1 aliphatic heterocycles. The van der Waals surface area contributed by atoms with Crippen molar-refractivity contribution in [1.82, 2.24) is 20.0 Å². The van der Waals surface area contributed by atoms with Crippen molar-refractivity contribution in [2.75, 3.05) is 37.7 Å². The van der Waals surface area contributed by atoms with Crippen LogP contribution < -0.4 is 5.32 Å². The number of guanidine groups is 1. The molecule has 0 spiro atoms. The molecule has 0 aliphatic carbocycles. The van der Waals surface area contributed by atoms with Crippen LogP contribution in [-0.4, -0.2) is 66.7 Å². The highest BCUT2D eigenvalue weighted by atomic mass is 127. The fourth-order valence-corrected chi connectivity index (χ4v) is 3.39. The molecule has 1 atom stereocenters. The smallest absolute Gasteiger partial charge is 0.193 e. The highest BCUT2D eigenvalue weighted by Gasteiger charge is 2.26. The first-order valence-electron chi connectivity index (χ1n) is 8.17. The van der Waals surface area contributed by atoms with Crippen molar-refractivity contribution < 1.29 is 8.42 Å². The molecule has 0 bridgehead atoms. The number of aryl methyl sites for hydroxylation is 1. The maximum atomic E-state index is 11.6. The van der Waals surface area contributed by atoms with Crippen molar-refractivity contribution in [2.24, 2.45) is 12.0 Å². The minimum atomic E-state index is -2.97. The van der Waals surface area contributed by atoms with Crippen LogP contribution in [0.1, 0.15) is 31.7 Å². The Hall–Kier alpha value is -0.840. The number of likely N-dealkylation sites (tertiary alicyclic amines) is 1. The van der Waals surface area contributed by atoms with E-state index in [2.05, 4.69) is 26.5 Å². The third kappa shape index (κ3) is 5.91. The van der Waals surface area contributed by atoms with Crippen LogP contribution in [0, 0.1) is 0 Å². The second-order valence-electron chi connectivity index (χ2n) is 5.85. The first-order valence-corrected chi connectivity index (χ1v) is 9.99. The van der Waals surface area contributed by atoms with Gasteiger partial charge < -0.3 is 10.2 Å². The fraction of sp³-hybridized carbons (Fsp3) is 0.733. The van der Waals surface area contributed by atoms with Gasteiger partial charge in [-0.1, -0.05) is 6.92 Å². The molecule has 1 aromatic heterocycles. The molecule has 9 heteroatoms. The van der Waals surface area contributed by atoms with Crippen LogP contribution in [-0.2, 0) is 16.9 Å². The van der Waals surface area contributed by atoms with Gasteiger partial charge in [0.1, 0.15) is 0 Å². The zero-order valence-electron chi connectivity index (χ0n) is 14.6. The molecule has 0 saturated carbocycles. The lowest BCUT2D eigenvalue weighted by Crippen LogP contribution is -2.40.